The van der Waals surface area contributed by atoms with Crippen LogP contribution in [-0.4, -0.2) is 18.3 Å². The Bertz CT molecular complexity index is 861. The maximum atomic E-state index is 4.65. The summed E-state index contributed by atoms with van der Waals surface area (Å²) in [6.07, 6.45) is 1.81. The molecule has 122 valence electrons. The molecule has 1 aliphatic rings. The first-order valence-corrected chi connectivity index (χ1v) is 8.54. The van der Waals surface area contributed by atoms with Crippen molar-refractivity contribution in [2.24, 2.45) is 4.99 Å². The summed E-state index contributed by atoms with van der Waals surface area (Å²) in [5.41, 5.74) is 2.28. The number of halogens is 1. The van der Waals surface area contributed by atoms with Crippen LogP contribution in [0, 0.1) is 0 Å². The van der Waals surface area contributed by atoms with E-state index in [0.29, 0.717) is 0 Å². The summed E-state index contributed by atoms with van der Waals surface area (Å²) < 4.78 is 0. The van der Waals surface area contributed by atoms with Crippen molar-refractivity contribution < 1.29 is 0 Å². The molecule has 5 heteroatoms. The van der Waals surface area contributed by atoms with Gasteiger partial charge in [0.2, 0.25) is 0 Å². The van der Waals surface area contributed by atoms with E-state index >= 15 is 0 Å². The number of thioether (sulfide) groups is 1. The summed E-state index contributed by atoms with van der Waals surface area (Å²) >= 11 is 1.80. The van der Waals surface area contributed by atoms with E-state index in [2.05, 4.69) is 82.4 Å². The second-order valence-electron chi connectivity index (χ2n) is 5.40. The van der Waals surface area contributed by atoms with Crippen LogP contribution in [0.1, 0.15) is 0 Å². The van der Waals surface area contributed by atoms with Crippen molar-refractivity contribution in [3.05, 3.63) is 66.7 Å². The third-order valence-corrected chi connectivity index (χ3v) is 5.04. The molecule has 1 aliphatic heterocycles. The van der Waals surface area contributed by atoms with Gasteiger partial charge in [-0.05, 0) is 23.6 Å². The molecule has 0 radical (unpaired) electrons. The van der Waals surface area contributed by atoms with Crippen molar-refractivity contribution in [1.29, 1.82) is 0 Å². The van der Waals surface area contributed by atoms with Gasteiger partial charge in [-0.1, -0.05) is 60.3 Å². The van der Waals surface area contributed by atoms with Crippen molar-refractivity contribution in [3.8, 4) is 0 Å². The van der Waals surface area contributed by atoms with Crippen molar-refractivity contribution in [2.75, 3.05) is 17.2 Å². The van der Waals surface area contributed by atoms with Gasteiger partial charge in [-0.15, -0.1) is 12.4 Å². The number of nitrogens with zero attached hydrogens (tertiary/aromatic N) is 1. The summed E-state index contributed by atoms with van der Waals surface area (Å²) in [5.74, 6) is 0. The number of nitrogens with one attached hydrogen (secondary N) is 2. The van der Waals surface area contributed by atoms with Crippen LogP contribution < -0.4 is 10.6 Å². The zero-order valence-electron chi connectivity index (χ0n) is 13.0. The Hall–Kier alpha value is -2.17. The van der Waals surface area contributed by atoms with Crippen LogP contribution in [0.5, 0.6) is 0 Å². The van der Waals surface area contributed by atoms with Gasteiger partial charge in [-0.3, -0.25) is 4.99 Å². The SMILES string of the molecule is C(=NC1CNc2ccccc2S1)Nc1cccc2ccccc12.Cl. The fourth-order valence-corrected chi connectivity index (χ4v) is 3.73. The lowest BCUT2D eigenvalue weighted by Crippen LogP contribution is -2.20. The van der Waals surface area contributed by atoms with Crippen LogP contribution in [0.25, 0.3) is 10.8 Å². The average molecular weight is 356 g/mol. The van der Waals surface area contributed by atoms with Crippen molar-refractivity contribution in [3.63, 3.8) is 0 Å². The molecule has 0 amide bonds. The number of anilines is 2. The van der Waals surface area contributed by atoms with Gasteiger partial charge >= 0.3 is 0 Å². The Morgan fingerprint density at radius 2 is 1.79 bits per heavy atom. The molecule has 0 bridgehead atoms. The number of para-hydroxylation sites is 1. The second-order valence-corrected chi connectivity index (χ2v) is 6.62. The monoisotopic (exact) mass is 355 g/mol. The zero-order valence-corrected chi connectivity index (χ0v) is 14.6. The predicted octanol–water partition coefficient (Wildman–Crippen LogP) is 5.25. The highest BCUT2D eigenvalue weighted by Crippen LogP contribution is 2.34. The number of aliphatic imine (C=N–C) groups is 1. The molecular formula is C19H18ClN3S. The number of rotatable bonds is 3. The van der Waals surface area contributed by atoms with Crippen LogP contribution in [0.4, 0.5) is 11.4 Å². The van der Waals surface area contributed by atoms with E-state index < -0.39 is 0 Å². The van der Waals surface area contributed by atoms with Gasteiger partial charge in [-0.2, -0.15) is 0 Å². The highest BCUT2D eigenvalue weighted by atomic mass is 35.5. The molecule has 0 aliphatic carbocycles. The highest BCUT2D eigenvalue weighted by Gasteiger charge is 2.16. The first-order valence-electron chi connectivity index (χ1n) is 7.66. The van der Waals surface area contributed by atoms with E-state index in [0.717, 1.165) is 12.2 Å². The fourth-order valence-electron chi connectivity index (χ4n) is 2.73. The molecule has 1 unspecified atom stereocenters. The van der Waals surface area contributed by atoms with Crippen LogP contribution in [0.15, 0.2) is 76.6 Å². The topological polar surface area (TPSA) is 36.4 Å². The second kappa shape index (κ2) is 7.60. The fraction of sp³-hybridized carbons (Fsp3) is 0.105. The Morgan fingerprint density at radius 1 is 1.00 bits per heavy atom. The van der Waals surface area contributed by atoms with Gasteiger partial charge < -0.3 is 10.6 Å². The summed E-state index contributed by atoms with van der Waals surface area (Å²) in [6, 6.07) is 23.0. The normalized spacial score (nSPS) is 16.2. The van der Waals surface area contributed by atoms with Gasteiger partial charge in [0.15, 0.2) is 0 Å². The molecule has 0 aromatic heterocycles. The Balaban J connectivity index is 0.00000169. The maximum absolute atomic E-state index is 4.65. The van der Waals surface area contributed by atoms with Gasteiger partial charge in [0.25, 0.3) is 0 Å². The maximum Gasteiger partial charge on any atom is 0.119 e. The molecule has 0 saturated carbocycles. The minimum absolute atomic E-state index is 0. The van der Waals surface area contributed by atoms with Crippen LogP contribution >= 0.6 is 24.2 Å². The molecular weight excluding hydrogens is 338 g/mol. The van der Waals surface area contributed by atoms with Gasteiger partial charge in [0, 0.05) is 28.2 Å². The van der Waals surface area contributed by atoms with Crippen molar-refractivity contribution >= 4 is 52.7 Å². The molecule has 3 nitrogen and oxygen atoms in total. The summed E-state index contributed by atoms with van der Waals surface area (Å²) in [4.78, 5) is 5.90. The number of benzene rings is 3. The summed E-state index contributed by atoms with van der Waals surface area (Å²) in [5, 5.41) is 9.38. The quantitative estimate of drug-likeness (QED) is 0.498. The Morgan fingerprint density at radius 3 is 2.75 bits per heavy atom. The molecule has 3 aromatic rings. The number of fused-ring (bicyclic) bond motifs is 2. The van der Waals surface area contributed by atoms with E-state index in [4.69, 9.17) is 0 Å². The smallest absolute Gasteiger partial charge is 0.119 e. The van der Waals surface area contributed by atoms with E-state index in [1.165, 1.54) is 21.4 Å². The van der Waals surface area contributed by atoms with Crippen molar-refractivity contribution in [2.45, 2.75) is 10.3 Å². The van der Waals surface area contributed by atoms with Crippen LogP contribution in [-0.2, 0) is 0 Å². The Labute approximate surface area is 152 Å². The van der Waals surface area contributed by atoms with Crippen LogP contribution in [0.2, 0.25) is 0 Å². The van der Waals surface area contributed by atoms with Gasteiger partial charge in [0.05, 0.1) is 6.34 Å². The molecule has 3 aromatic carbocycles. The molecule has 0 saturated heterocycles. The molecule has 0 spiro atoms. The van der Waals surface area contributed by atoms with E-state index in [-0.39, 0.29) is 17.8 Å². The lowest BCUT2D eigenvalue weighted by Gasteiger charge is -2.22. The lowest BCUT2D eigenvalue weighted by atomic mass is 10.1. The minimum Gasteiger partial charge on any atom is -0.381 e. The van der Waals surface area contributed by atoms with E-state index in [1.807, 2.05) is 6.34 Å². The standard InChI is InChI=1S/C19H17N3S.ClH/c1-2-8-15-14(6-1)7-5-10-16(15)21-13-22-19-12-20-17-9-3-4-11-18(17)23-19;/h1-11,13,19-20H,12H2,(H,21,22);1H. The van der Waals surface area contributed by atoms with Crippen molar-refractivity contribution in [1.82, 2.24) is 0 Å². The van der Waals surface area contributed by atoms with Gasteiger partial charge in [-0.25, -0.2) is 0 Å². The third-order valence-electron chi connectivity index (χ3n) is 3.87. The molecule has 1 atom stereocenters. The van der Waals surface area contributed by atoms with E-state index in [1.54, 1.807) is 11.8 Å². The first-order chi connectivity index (χ1) is 11.4. The zero-order chi connectivity index (χ0) is 15.5. The number of hydrogen-bond donors (Lipinski definition) is 2. The lowest BCUT2D eigenvalue weighted by molar-refractivity contribution is 0.938. The Kier molecular flexibility index (Phi) is 5.28. The van der Waals surface area contributed by atoms with Gasteiger partial charge in [0.1, 0.15) is 5.37 Å². The molecule has 24 heavy (non-hydrogen) atoms. The third kappa shape index (κ3) is 3.50. The largest absolute Gasteiger partial charge is 0.381 e. The molecule has 1 heterocycles. The molecule has 4 rings (SSSR count). The molecule has 0 fully saturated rings. The minimum atomic E-state index is 0. The van der Waals surface area contributed by atoms with Crippen LogP contribution in [0.3, 0.4) is 0 Å². The predicted molar refractivity (Wildman–Crippen MR) is 108 cm³/mol. The average Bonchev–Trinajstić information content (AvgIpc) is 2.62. The molecule has 2 N–H and O–H groups in total. The first kappa shape index (κ1) is 16.7. The summed E-state index contributed by atoms with van der Waals surface area (Å²) in [7, 11) is 0. The summed E-state index contributed by atoms with van der Waals surface area (Å²) in [6.45, 7) is 0.843. The number of hydrogen-bond acceptors (Lipinski definition) is 3. The highest BCUT2D eigenvalue weighted by molar-refractivity contribution is 8.00. The van der Waals surface area contributed by atoms with E-state index in [9.17, 15) is 0 Å².